The SMILES string of the molecule is Cc1ccc2oc(-c3noc(CN4C(=O)COc5ccc(Cl)cc54)n3)c(C)c2c1. The number of benzene rings is 2. The van der Waals surface area contributed by atoms with Crippen molar-refractivity contribution in [1.82, 2.24) is 10.1 Å². The number of furan rings is 1. The molecule has 0 spiro atoms. The summed E-state index contributed by atoms with van der Waals surface area (Å²) in [6.07, 6.45) is 0. The van der Waals surface area contributed by atoms with Gasteiger partial charge in [-0.15, -0.1) is 0 Å². The summed E-state index contributed by atoms with van der Waals surface area (Å²) < 4.78 is 16.8. The Morgan fingerprint density at radius 2 is 2.03 bits per heavy atom. The number of amides is 1. The molecular weight excluding hydrogens is 394 g/mol. The molecule has 4 aromatic rings. The molecule has 8 heteroatoms. The third kappa shape index (κ3) is 3.03. The minimum Gasteiger partial charge on any atom is -0.482 e. The van der Waals surface area contributed by atoms with Crippen LogP contribution >= 0.6 is 11.6 Å². The van der Waals surface area contributed by atoms with Crippen LogP contribution in [0.3, 0.4) is 0 Å². The Hall–Kier alpha value is -3.32. The minimum absolute atomic E-state index is 0.0579. The summed E-state index contributed by atoms with van der Waals surface area (Å²) in [5, 5.41) is 5.57. The molecule has 5 rings (SSSR count). The number of ether oxygens (including phenoxy) is 1. The van der Waals surface area contributed by atoms with Gasteiger partial charge in [0.2, 0.25) is 11.7 Å². The molecule has 0 unspecified atom stereocenters. The summed E-state index contributed by atoms with van der Waals surface area (Å²) >= 11 is 6.09. The predicted molar refractivity (Wildman–Crippen MR) is 107 cm³/mol. The zero-order chi connectivity index (χ0) is 20.1. The molecule has 3 heterocycles. The second-order valence-electron chi connectivity index (χ2n) is 6.95. The van der Waals surface area contributed by atoms with Crippen LogP contribution in [-0.2, 0) is 11.3 Å². The van der Waals surface area contributed by atoms with E-state index in [1.54, 1.807) is 18.2 Å². The molecule has 1 aliphatic rings. The van der Waals surface area contributed by atoms with Crippen molar-refractivity contribution in [2.45, 2.75) is 20.4 Å². The highest BCUT2D eigenvalue weighted by Crippen LogP contribution is 2.36. The van der Waals surface area contributed by atoms with E-state index in [9.17, 15) is 4.79 Å². The fourth-order valence-corrected chi connectivity index (χ4v) is 3.61. The molecule has 29 heavy (non-hydrogen) atoms. The first-order valence-corrected chi connectivity index (χ1v) is 9.43. The van der Waals surface area contributed by atoms with E-state index >= 15 is 0 Å². The number of halogens is 1. The third-order valence-corrected chi connectivity index (χ3v) is 5.16. The van der Waals surface area contributed by atoms with E-state index in [1.807, 2.05) is 26.0 Å². The van der Waals surface area contributed by atoms with Crippen molar-refractivity contribution in [3.05, 3.63) is 58.4 Å². The van der Waals surface area contributed by atoms with Crippen molar-refractivity contribution >= 4 is 34.2 Å². The van der Waals surface area contributed by atoms with E-state index in [0.29, 0.717) is 28.0 Å². The topological polar surface area (TPSA) is 81.6 Å². The smallest absolute Gasteiger partial charge is 0.265 e. The Bertz CT molecular complexity index is 1260. The second-order valence-corrected chi connectivity index (χ2v) is 7.38. The number of aromatic nitrogens is 2. The van der Waals surface area contributed by atoms with Crippen molar-refractivity contribution in [1.29, 1.82) is 0 Å². The highest BCUT2D eigenvalue weighted by Gasteiger charge is 2.28. The molecule has 0 atom stereocenters. The molecule has 146 valence electrons. The second kappa shape index (κ2) is 6.63. The van der Waals surface area contributed by atoms with Gasteiger partial charge in [-0.25, -0.2) is 0 Å². The standard InChI is InChI=1S/C21H16ClN3O4/c1-11-3-5-16-14(7-11)12(2)20(28-16)21-23-18(29-24-21)9-25-15-8-13(22)4-6-17(15)27-10-19(25)26/h3-8H,9-10H2,1-2H3. The molecule has 0 fully saturated rings. The highest BCUT2D eigenvalue weighted by molar-refractivity contribution is 6.31. The lowest BCUT2D eigenvalue weighted by molar-refractivity contribution is -0.121. The molecule has 1 amide bonds. The van der Waals surface area contributed by atoms with E-state index in [2.05, 4.69) is 16.2 Å². The van der Waals surface area contributed by atoms with Gasteiger partial charge in [0.05, 0.1) is 5.69 Å². The molecule has 2 aromatic carbocycles. The number of fused-ring (bicyclic) bond motifs is 2. The lowest BCUT2D eigenvalue weighted by Crippen LogP contribution is -2.38. The van der Waals surface area contributed by atoms with Crippen molar-refractivity contribution < 1.29 is 18.5 Å². The average molecular weight is 410 g/mol. The van der Waals surface area contributed by atoms with Crippen molar-refractivity contribution in [3.8, 4) is 17.3 Å². The van der Waals surface area contributed by atoms with Crippen molar-refractivity contribution in [3.63, 3.8) is 0 Å². The van der Waals surface area contributed by atoms with Crippen LogP contribution in [0.5, 0.6) is 5.75 Å². The van der Waals surface area contributed by atoms with Gasteiger partial charge < -0.3 is 13.7 Å². The lowest BCUT2D eigenvalue weighted by atomic mass is 10.1. The van der Waals surface area contributed by atoms with Crippen molar-refractivity contribution in [2.75, 3.05) is 11.5 Å². The van der Waals surface area contributed by atoms with E-state index in [1.165, 1.54) is 4.90 Å². The number of nitrogens with zero attached hydrogens (tertiary/aromatic N) is 3. The maximum atomic E-state index is 12.4. The van der Waals surface area contributed by atoms with Gasteiger partial charge in [0.1, 0.15) is 17.9 Å². The molecule has 0 radical (unpaired) electrons. The Morgan fingerprint density at radius 1 is 1.17 bits per heavy atom. The van der Waals surface area contributed by atoms with Crippen LogP contribution in [0.15, 0.2) is 45.3 Å². The minimum atomic E-state index is -0.213. The van der Waals surface area contributed by atoms with Gasteiger partial charge in [-0.2, -0.15) is 4.98 Å². The van der Waals surface area contributed by atoms with E-state index in [-0.39, 0.29) is 24.9 Å². The molecular formula is C21H16ClN3O4. The van der Waals surface area contributed by atoms with Gasteiger partial charge in [0, 0.05) is 16.0 Å². The predicted octanol–water partition coefficient (Wildman–Crippen LogP) is 4.68. The first kappa shape index (κ1) is 17.8. The molecule has 0 aliphatic carbocycles. The van der Waals surface area contributed by atoms with Crippen LogP contribution in [0.25, 0.3) is 22.6 Å². The largest absolute Gasteiger partial charge is 0.482 e. The summed E-state index contributed by atoms with van der Waals surface area (Å²) in [5.41, 5.74) is 3.42. The van der Waals surface area contributed by atoms with Crippen LogP contribution in [0.4, 0.5) is 5.69 Å². The zero-order valence-electron chi connectivity index (χ0n) is 15.7. The summed E-state index contributed by atoms with van der Waals surface area (Å²) in [6, 6.07) is 11.1. The number of anilines is 1. The van der Waals surface area contributed by atoms with Crippen LogP contribution < -0.4 is 9.64 Å². The summed E-state index contributed by atoms with van der Waals surface area (Å²) in [4.78, 5) is 18.4. The first-order valence-electron chi connectivity index (χ1n) is 9.05. The highest BCUT2D eigenvalue weighted by atomic mass is 35.5. The molecule has 0 N–H and O–H groups in total. The Balaban J connectivity index is 1.48. The monoisotopic (exact) mass is 409 g/mol. The quantitative estimate of drug-likeness (QED) is 0.488. The third-order valence-electron chi connectivity index (χ3n) is 4.92. The average Bonchev–Trinajstić information content (AvgIpc) is 3.29. The Morgan fingerprint density at radius 3 is 2.90 bits per heavy atom. The van der Waals surface area contributed by atoms with Gasteiger partial charge in [0.15, 0.2) is 12.4 Å². The van der Waals surface area contributed by atoms with Crippen LogP contribution in [0.1, 0.15) is 17.0 Å². The van der Waals surface area contributed by atoms with Crippen LogP contribution in [-0.4, -0.2) is 22.7 Å². The van der Waals surface area contributed by atoms with E-state index < -0.39 is 0 Å². The molecule has 2 aromatic heterocycles. The van der Waals surface area contributed by atoms with Gasteiger partial charge in [-0.3, -0.25) is 9.69 Å². The number of hydrogen-bond donors (Lipinski definition) is 0. The molecule has 7 nitrogen and oxygen atoms in total. The molecule has 0 bridgehead atoms. The summed E-state index contributed by atoms with van der Waals surface area (Å²) in [6.45, 7) is 4.04. The molecule has 0 saturated carbocycles. The number of carbonyl (C=O) groups excluding carboxylic acids is 1. The lowest BCUT2D eigenvalue weighted by Gasteiger charge is -2.28. The number of aryl methyl sites for hydroxylation is 2. The van der Waals surface area contributed by atoms with E-state index in [0.717, 1.165) is 22.1 Å². The summed E-state index contributed by atoms with van der Waals surface area (Å²) in [5.74, 6) is 1.56. The first-order chi connectivity index (χ1) is 14.0. The number of rotatable bonds is 3. The zero-order valence-corrected chi connectivity index (χ0v) is 16.5. The Kier molecular flexibility index (Phi) is 4.06. The van der Waals surface area contributed by atoms with Gasteiger partial charge >= 0.3 is 0 Å². The fraction of sp³-hybridized carbons (Fsp3) is 0.190. The van der Waals surface area contributed by atoms with Gasteiger partial charge in [0.25, 0.3) is 5.91 Å². The maximum absolute atomic E-state index is 12.4. The van der Waals surface area contributed by atoms with Crippen LogP contribution in [0.2, 0.25) is 5.02 Å². The Labute approximate surface area is 170 Å². The van der Waals surface area contributed by atoms with E-state index in [4.69, 9.17) is 25.3 Å². The molecule has 1 aliphatic heterocycles. The van der Waals surface area contributed by atoms with Crippen molar-refractivity contribution in [2.24, 2.45) is 0 Å². The number of carbonyl (C=O) groups is 1. The fourth-order valence-electron chi connectivity index (χ4n) is 3.44. The normalized spacial score (nSPS) is 13.6. The number of hydrogen-bond acceptors (Lipinski definition) is 6. The summed E-state index contributed by atoms with van der Waals surface area (Å²) in [7, 11) is 0. The maximum Gasteiger partial charge on any atom is 0.265 e. The van der Waals surface area contributed by atoms with Crippen LogP contribution in [0, 0.1) is 13.8 Å². The molecule has 0 saturated heterocycles. The van der Waals surface area contributed by atoms with Gasteiger partial charge in [-0.05, 0) is 44.2 Å². The van der Waals surface area contributed by atoms with Gasteiger partial charge in [-0.1, -0.05) is 28.4 Å².